The number of hydrogen-bond acceptors (Lipinski definition) is 1. The Hall–Kier alpha value is -1.81. The first-order valence-electron chi connectivity index (χ1n) is 4.21. The summed E-state index contributed by atoms with van der Waals surface area (Å²) in [5.41, 5.74) is 1.81. The number of nitrogens with zero attached hydrogens (tertiary/aromatic N) is 1. The second-order valence-electron chi connectivity index (χ2n) is 3.13. The van der Waals surface area contributed by atoms with Crippen LogP contribution in [-0.2, 0) is 0 Å². The van der Waals surface area contributed by atoms with E-state index in [9.17, 15) is 0 Å². The first kappa shape index (κ1) is 7.82. The van der Waals surface area contributed by atoms with E-state index in [1.54, 1.807) is 0 Å². The van der Waals surface area contributed by atoms with Crippen molar-refractivity contribution >= 4 is 10.8 Å². The average molecular weight is 167 g/mol. The predicted molar refractivity (Wildman–Crippen MR) is 53.4 cm³/mol. The molecule has 0 aromatic heterocycles. The van der Waals surface area contributed by atoms with Gasteiger partial charge < -0.3 is 0 Å². The van der Waals surface area contributed by atoms with E-state index in [2.05, 4.69) is 12.1 Å². The molecule has 0 unspecified atom stereocenters. The third kappa shape index (κ3) is 1.27. The molecule has 0 spiro atoms. The highest BCUT2D eigenvalue weighted by Crippen LogP contribution is 2.18. The standard InChI is InChI=1S/C12H9N/c1-9-6-10-4-2-3-5-11(10)7-12(9)8-13/h2-7H,1H3. The van der Waals surface area contributed by atoms with Crippen molar-refractivity contribution in [2.24, 2.45) is 0 Å². The van der Waals surface area contributed by atoms with Crippen molar-refractivity contribution in [2.45, 2.75) is 6.92 Å². The molecule has 1 heteroatoms. The molecule has 0 heterocycles. The van der Waals surface area contributed by atoms with Crippen molar-refractivity contribution in [3.05, 3.63) is 47.5 Å². The topological polar surface area (TPSA) is 23.8 Å². The van der Waals surface area contributed by atoms with Crippen LogP contribution in [-0.4, -0.2) is 0 Å². The fourth-order valence-corrected chi connectivity index (χ4v) is 1.47. The van der Waals surface area contributed by atoms with E-state index in [4.69, 9.17) is 5.26 Å². The van der Waals surface area contributed by atoms with E-state index in [0.29, 0.717) is 0 Å². The number of fused-ring (bicyclic) bond motifs is 1. The molecule has 0 N–H and O–H groups in total. The Bertz CT molecular complexity index is 492. The van der Waals surface area contributed by atoms with Crippen LogP contribution >= 0.6 is 0 Å². The van der Waals surface area contributed by atoms with E-state index >= 15 is 0 Å². The third-order valence-corrected chi connectivity index (χ3v) is 2.21. The van der Waals surface area contributed by atoms with Crippen molar-refractivity contribution in [2.75, 3.05) is 0 Å². The fraction of sp³-hybridized carbons (Fsp3) is 0.0833. The van der Waals surface area contributed by atoms with Crippen LogP contribution in [0, 0.1) is 18.3 Å². The number of nitriles is 1. The summed E-state index contributed by atoms with van der Waals surface area (Å²) in [5, 5.41) is 11.2. The number of aryl methyl sites for hydroxylation is 1. The lowest BCUT2D eigenvalue weighted by molar-refractivity contribution is 1.42. The van der Waals surface area contributed by atoms with Gasteiger partial charge in [-0.3, -0.25) is 0 Å². The van der Waals surface area contributed by atoms with Gasteiger partial charge in [0.1, 0.15) is 0 Å². The molecule has 0 aliphatic rings. The van der Waals surface area contributed by atoms with Crippen LogP contribution in [0.2, 0.25) is 0 Å². The SMILES string of the molecule is Cc1cc2ccccc2cc1C#N. The van der Waals surface area contributed by atoms with Crippen molar-refractivity contribution in [3.63, 3.8) is 0 Å². The van der Waals surface area contributed by atoms with Gasteiger partial charge in [-0.15, -0.1) is 0 Å². The lowest BCUT2D eigenvalue weighted by Crippen LogP contribution is -1.82. The van der Waals surface area contributed by atoms with E-state index in [1.165, 1.54) is 5.39 Å². The van der Waals surface area contributed by atoms with Crippen molar-refractivity contribution in [1.29, 1.82) is 5.26 Å². The maximum atomic E-state index is 8.83. The molecule has 0 atom stereocenters. The van der Waals surface area contributed by atoms with Gasteiger partial charge in [0.2, 0.25) is 0 Å². The molecule has 0 fully saturated rings. The molecular formula is C12H9N. The number of rotatable bonds is 0. The van der Waals surface area contributed by atoms with Crippen molar-refractivity contribution in [1.82, 2.24) is 0 Å². The monoisotopic (exact) mass is 167 g/mol. The number of hydrogen-bond donors (Lipinski definition) is 0. The van der Waals surface area contributed by atoms with Gasteiger partial charge in [0.25, 0.3) is 0 Å². The summed E-state index contributed by atoms with van der Waals surface area (Å²) in [6.07, 6.45) is 0. The van der Waals surface area contributed by atoms with Gasteiger partial charge in [-0.1, -0.05) is 30.3 Å². The van der Waals surface area contributed by atoms with Gasteiger partial charge in [0.15, 0.2) is 0 Å². The van der Waals surface area contributed by atoms with Gasteiger partial charge in [-0.2, -0.15) is 5.26 Å². The fourth-order valence-electron chi connectivity index (χ4n) is 1.47. The van der Waals surface area contributed by atoms with Crippen LogP contribution in [0.25, 0.3) is 10.8 Å². The van der Waals surface area contributed by atoms with E-state index < -0.39 is 0 Å². The Kier molecular flexibility index (Phi) is 1.75. The zero-order valence-electron chi connectivity index (χ0n) is 7.41. The Morgan fingerprint density at radius 3 is 2.31 bits per heavy atom. The van der Waals surface area contributed by atoms with Crippen LogP contribution < -0.4 is 0 Å². The van der Waals surface area contributed by atoms with E-state index in [0.717, 1.165) is 16.5 Å². The molecule has 13 heavy (non-hydrogen) atoms. The van der Waals surface area contributed by atoms with Gasteiger partial charge in [0.05, 0.1) is 11.6 Å². The minimum Gasteiger partial charge on any atom is -0.192 e. The van der Waals surface area contributed by atoms with Crippen molar-refractivity contribution in [3.8, 4) is 6.07 Å². The van der Waals surface area contributed by atoms with Crippen LogP contribution in [0.3, 0.4) is 0 Å². The van der Waals surface area contributed by atoms with E-state index in [-0.39, 0.29) is 0 Å². The summed E-state index contributed by atoms with van der Waals surface area (Å²) in [4.78, 5) is 0. The highest BCUT2D eigenvalue weighted by molar-refractivity contribution is 5.84. The highest BCUT2D eigenvalue weighted by atomic mass is 14.2. The minimum atomic E-state index is 0.763. The summed E-state index contributed by atoms with van der Waals surface area (Å²) in [5.74, 6) is 0. The number of benzene rings is 2. The summed E-state index contributed by atoms with van der Waals surface area (Å²) in [6, 6.07) is 14.2. The molecule has 0 bridgehead atoms. The summed E-state index contributed by atoms with van der Waals surface area (Å²) in [7, 11) is 0. The van der Waals surface area contributed by atoms with Gasteiger partial charge >= 0.3 is 0 Å². The van der Waals surface area contributed by atoms with Gasteiger partial charge in [-0.25, -0.2) is 0 Å². The minimum absolute atomic E-state index is 0.763. The predicted octanol–water partition coefficient (Wildman–Crippen LogP) is 3.02. The Morgan fingerprint density at radius 1 is 1.08 bits per heavy atom. The molecular weight excluding hydrogens is 158 g/mol. The van der Waals surface area contributed by atoms with Crippen LogP contribution in [0.1, 0.15) is 11.1 Å². The first-order chi connectivity index (χ1) is 6.31. The van der Waals surface area contributed by atoms with Crippen molar-refractivity contribution < 1.29 is 0 Å². The zero-order valence-corrected chi connectivity index (χ0v) is 7.41. The third-order valence-electron chi connectivity index (χ3n) is 2.21. The summed E-state index contributed by atoms with van der Waals surface area (Å²) < 4.78 is 0. The molecule has 0 saturated carbocycles. The van der Waals surface area contributed by atoms with Crippen LogP contribution in [0.5, 0.6) is 0 Å². The second kappa shape index (κ2) is 2.91. The molecule has 2 aromatic carbocycles. The van der Waals surface area contributed by atoms with Gasteiger partial charge in [0, 0.05) is 0 Å². The molecule has 0 aliphatic carbocycles. The maximum absolute atomic E-state index is 8.83. The molecule has 0 saturated heterocycles. The highest BCUT2D eigenvalue weighted by Gasteiger charge is 1.98. The molecule has 1 nitrogen and oxygen atoms in total. The lowest BCUT2D eigenvalue weighted by Gasteiger charge is -2.00. The molecule has 62 valence electrons. The van der Waals surface area contributed by atoms with Gasteiger partial charge in [-0.05, 0) is 29.3 Å². The average Bonchev–Trinajstić information content (AvgIpc) is 2.17. The second-order valence-corrected chi connectivity index (χ2v) is 3.13. The Morgan fingerprint density at radius 2 is 1.69 bits per heavy atom. The van der Waals surface area contributed by atoms with Crippen LogP contribution in [0.4, 0.5) is 0 Å². The Balaban J connectivity index is 2.83. The van der Waals surface area contributed by atoms with E-state index in [1.807, 2.05) is 37.3 Å². The lowest BCUT2D eigenvalue weighted by atomic mass is 10.0. The maximum Gasteiger partial charge on any atom is 0.0994 e. The summed E-state index contributed by atoms with van der Waals surface area (Å²) >= 11 is 0. The quantitative estimate of drug-likeness (QED) is 0.591. The normalized spacial score (nSPS) is 9.85. The molecule has 2 rings (SSSR count). The summed E-state index contributed by atoms with van der Waals surface area (Å²) in [6.45, 7) is 1.96. The molecule has 2 aromatic rings. The molecule has 0 amide bonds. The Labute approximate surface area is 77.2 Å². The molecule has 0 aliphatic heterocycles. The zero-order chi connectivity index (χ0) is 9.26. The van der Waals surface area contributed by atoms with Crippen LogP contribution in [0.15, 0.2) is 36.4 Å². The largest absolute Gasteiger partial charge is 0.192 e. The molecule has 0 radical (unpaired) electrons. The first-order valence-corrected chi connectivity index (χ1v) is 4.21. The smallest absolute Gasteiger partial charge is 0.0994 e.